The first kappa shape index (κ1) is 17.4. The lowest BCUT2D eigenvalue weighted by molar-refractivity contribution is 0.0937. The molecule has 4 rings (SSSR count). The number of ketones is 1. The smallest absolute Gasteiger partial charge is 0.229 e. The van der Waals surface area contributed by atoms with Crippen molar-refractivity contribution in [3.8, 4) is 5.95 Å². The molecular formula is C21H23N5O. The normalized spacial score (nSPS) is 15.0. The number of carbonyl (C=O) groups excluding carboxylic acids is 1. The second-order valence-electron chi connectivity index (χ2n) is 6.93. The molecule has 1 aromatic carbocycles. The fraction of sp³-hybridized carbons (Fsp3) is 0.286. The Hall–Kier alpha value is -2.99. The Labute approximate surface area is 158 Å². The van der Waals surface area contributed by atoms with Gasteiger partial charge in [0.15, 0.2) is 5.78 Å². The highest BCUT2D eigenvalue weighted by Crippen LogP contribution is 2.23. The van der Waals surface area contributed by atoms with Gasteiger partial charge in [-0.05, 0) is 37.5 Å². The number of Topliss-reactive ketones (excluding diaryl/α,β-unsaturated/α-hetero) is 1. The molecule has 2 aromatic heterocycles. The molecule has 0 amide bonds. The average Bonchev–Trinajstić information content (AvgIpc) is 3.31. The summed E-state index contributed by atoms with van der Waals surface area (Å²) in [6.07, 6.45) is 4.68. The summed E-state index contributed by atoms with van der Waals surface area (Å²) in [5, 5.41) is 6.77. The fourth-order valence-corrected chi connectivity index (χ4v) is 3.74. The van der Waals surface area contributed by atoms with Crippen molar-refractivity contribution in [1.82, 2.24) is 24.6 Å². The van der Waals surface area contributed by atoms with Crippen molar-refractivity contribution in [2.45, 2.75) is 20.3 Å². The minimum atomic E-state index is 0.144. The van der Waals surface area contributed by atoms with Gasteiger partial charge in [0.2, 0.25) is 5.95 Å². The van der Waals surface area contributed by atoms with Gasteiger partial charge in [0.25, 0.3) is 0 Å². The maximum absolute atomic E-state index is 12.9. The van der Waals surface area contributed by atoms with Crippen LogP contribution >= 0.6 is 0 Å². The van der Waals surface area contributed by atoms with Crippen LogP contribution in [0.2, 0.25) is 0 Å². The third kappa shape index (κ3) is 3.48. The van der Waals surface area contributed by atoms with Crippen LogP contribution in [0.3, 0.4) is 0 Å². The highest BCUT2D eigenvalue weighted by atomic mass is 16.1. The van der Waals surface area contributed by atoms with Gasteiger partial charge in [-0.15, -0.1) is 0 Å². The largest absolute Gasteiger partial charge is 0.293 e. The zero-order valence-corrected chi connectivity index (χ0v) is 15.6. The molecule has 0 aliphatic carbocycles. The molecular weight excluding hydrogens is 338 g/mol. The van der Waals surface area contributed by atoms with Crippen LogP contribution in [0.4, 0.5) is 0 Å². The van der Waals surface area contributed by atoms with Gasteiger partial charge in [-0.2, -0.15) is 10.1 Å². The van der Waals surface area contributed by atoms with E-state index in [4.69, 9.17) is 0 Å². The molecule has 3 aromatic rings. The molecule has 138 valence electrons. The molecule has 3 heterocycles. The summed E-state index contributed by atoms with van der Waals surface area (Å²) < 4.78 is 1.93. The van der Waals surface area contributed by atoms with Crippen LogP contribution in [0, 0.1) is 13.8 Å². The SMILES string of the molecule is Cc1cc(C(=O)CN2CC=C(c3ccccc3)CC2)c(C)n1-c1ncn[nH]1. The van der Waals surface area contributed by atoms with Crippen LogP contribution in [-0.4, -0.2) is 50.1 Å². The Kier molecular flexibility index (Phi) is 4.73. The predicted molar refractivity (Wildman–Crippen MR) is 105 cm³/mol. The van der Waals surface area contributed by atoms with E-state index in [1.165, 1.54) is 17.5 Å². The number of nitrogens with one attached hydrogen (secondary N) is 1. The molecule has 0 bridgehead atoms. The molecule has 0 radical (unpaired) electrons. The molecule has 0 atom stereocenters. The van der Waals surface area contributed by atoms with Crippen LogP contribution < -0.4 is 0 Å². The first-order valence-corrected chi connectivity index (χ1v) is 9.18. The topological polar surface area (TPSA) is 66.8 Å². The summed E-state index contributed by atoms with van der Waals surface area (Å²) in [7, 11) is 0. The van der Waals surface area contributed by atoms with Gasteiger partial charge in [-0.25, -0.2) is 5.10 Å². The van der Waals surface area contributed by atoms with E-state index in [1.807, 2.05) is 30.5 Å². The lowest BCUT2D eigenvalue weighted by Crippen LogP contribution is -2.33. The van der Waals surface area contributed by atoms with E-state index in [0.29, 0.717) is 12.5 Å². The number of aryl methyl sites for hydroxylation is 1. The predicted octanol–water partition coefficient (Wildman–Crippen LogP) is 3.18. The molecule has 0 saturated carbocycles. The van der Waals surface area contributed by atoms with Crippen molar-refractivity contribution in [3.05, 3.63) is 71.3 Å². The molecule has 1 aliphatic rings. The van der Waals surface area contributed by atoms with Crippen molar-refractivity contribution in [3.63, 3.8) is 0 Å². The molecule has 0 spiro atoms. The zero-order valence-electron chi connectivity index (χ0n) is 15.6. The lowest BCUT2D eigenvalue weighted by Gasteiger charge is -2.25. The number of H-pyrrole nitrogens is 1. The summed E-state index contributed by atoms with van der Waals surface area (Å²) >= 11 is 0. The highest BCUT2D eigenvalue weighted by Gasteiger charge is 2.21. The van der Waals surface area contributed by atoms with E-state index in [1.54, 1.807) is 0 Å². The minimum Gasteiger partial charge on any atom is -0.293 e. The van der Waals surface area contributed by atoms with Crippen LogP contribution in [-0.2, 0) is 0 Å². The quantitative estimate of drug-likeness (QED) is 0.709. The summed E-state index contributed by atoms with van der Waals surface area (Å²) in [5.74, 6) is 0.780. The summed E-state index contributed by atoms with van der Waals surface area (Å²) in [6, 6.07) is 12.4. The van der Waals surface area contributed by atoms with Crippen molar-refractivity contribution >= 4 is 11.4 Å². The van der Waals surface area contributed by atoms with Gasteiger partial charge in [-0.3, -0.25) is 14.3 Å². The monoisotopic (exact) mass is 361 g/mol. The Morgan fingerprint density at radius 1 is 1.22 bits per heavy atom. The fourth-order valence-electron chi connectivity index (χ4n) is 3.74. The zero-order chi connectivity index (χ0) is 18.8. The standard InChI is InChI=1S/C21H23N5O/c1-15-12-19(16(2)26(15)21-22-14-23-24-21)20(27)13-25-10-8-18(9-11-25)17-6-4-3-5-7-17/h3-8,12,14H,9-11,13H2,1-2H3,(H,22,23,24). The molecule has 27 heavy (non-hydrogen) atoms. The Morgan fingerprint density at radius 3 is 2.70 bits per heavy atom. The first-order chi connectivity index (χ1) is 13.1. The number of aromatic nitrogens is 4. The lowest BCUT2D eigenvalue weighted by atomic mass is 9.99. The van der Waals surface area contributed by atoms with Gasteiger partial charge >= 0.3 is 0 Å². The van der Waals surface area contributed by atoms with Gasteiger partial charge in [0.05, 0.1) is 6.54 Å². The van der Waals surface area contributed by atoms with Gasteiger partial charge in [0, 0.05) is 30.0 Å². The number of hydrogen-bond acceptors (Lipinski definition) is 4. The minimum absolute atomic E-state index is 0.144. The number of carbonyl (C=O) groups is 1. The van der Waals surface area contributed by atoms with Crippen LogP contribution in [0.5, 0.6) is 0 Å². The van der Waals surface area contributed by atoms with Crippen molar-refractivity contribution in [2.24, 2.45) is 0 Å². The van der Waals surface area contributed by atoms with E-state index in [-0.39, 0.29) is 5.78 Å². The van der Waals surface area contributed by atoms with E-state index >= 15 is 0 Å². The highest BCUT2D eigenvalue weighted by molar-refractivity contribution is 5.99. The molecule has 1 aliphatic heterocycles. The molecule has 0 unspecified atom stereocenters. The molecule has 0 fully saturated rings. The summed E-state index contributed by atoms with van der Waals surface area (Å²) in [4.78, 5) is 19.3. The van der Waals surface area contributed by atoms with Crippen molar-refractivity contribution in [1.29, 1.82) is 0 Å². The maximum atomic E-state index is 12.9. The van der Waals surface area contributed by atoms with E-state index in [2.05, 4.69) is 50.4 Å². The van der Waals surface area contributed by atoms with Crippen molar-refractivity contribution < 1.29 is 4.79 Å². The number of nitrogens with zero attached hydrogens (tertiary/aromatic N) is 4. The van der Waals surface area contributed by atoms with Crippen LogP contribution in [0.25, 0.3) is 11.5 Å². The van der Waals surface area contributed by atoms with E-state index in [9.17, 15) is 4.79 Å². The number of hydrogen-bond donors (Lipinski definition) is 1. The number of benzene rings is 1. The third-order valence-electron chi connectivity index (χ3n) is 5.15. The Balaban J connectivity index is 1.46. The third-order valence-corrected chi connectivity index (χ3v) is 5.15. The van der Waals surface area contributed by atoms with Crippen LogP contribution in [0.15, 0.2) is 48.8 Å². The van der Waals surface area contributed by atoms with E-state index < -0.39 is 0 Å². The molecule has 1 N–H and O–H groups in total. The average molecular weight is 361 g/mol. The van der Waals surface area contributed by atoms with E-state index in [0.717, 1.165) is 36.5 Å². The Morgan fingerprint density at radius 2 is 2.04 bits per heavy atom. The molecule has 6 heteroatoms. The number of aromatic amines is 1. The van der Waals surface area contributed by atoms with Crippen LogP contribution in [0.1, 0.15) is 33.7 Å². The second-order valence-corrected chi connectivity index (χ2v) is 6.93. The Bertz CT molecular complexity index is 970. The first-order valence-electron chi connectivity index (χ1n) is 9.18. The van der Waals surface area contributed by atoms with Gasteiger partial charge < -0.3 is 0 Å². The maximum Gasteiger partial charge on any atom is 0.229 e. The molecule has 6 nitrogen and oxygen atoms in total. The molecule has 0 saturated heterocycles. The number of rotatable bonds is 5. The van der Waals surface area contributed by atoms with Gasteiger partial charge in [0.1, 0.15) is 6.33 Å². The van der Waals surface area contributed by atoms with Gasteiger partial charge in [-0.1, -0.05) is 36.4 Å². The summed E-state index contributed by atoms with van der Waals surface area (Å²) in [5.41, 5.74) is 5.26. The van der Waals surface area contributed by atoms with Crippen molar-refractivity contribution in [2.75, 3.05) is 19.6 Å². The summed E-state index contributed by atoms with van der Waals surface area (Å²) in [6.45, 7) is 6.05. The second kappa shape index (κ2) is 7.32.